The van der Waals surface area contributed by atoms with Crippen LogP contribution in [0.15, 0.2) is 29.8 Å². The Morgan fingerprint density at radius 3 is 2.78 bits per heavy atom. The fraction of sp³-hybridized carbons (Fsp3) is 0.357. The van der Waals surface area contributed by atoms with Gasteiger partial charge in [-0.3, -0.25) is 0 Å². The fourth-order valence-corrected chi connectivity index (χ4v) is 2.86. The van der Waals surface area contributed by atoms with Crippen molar-refractivity contribution in [2.75, 3.05) is 18.5 Å². The molecule has 0 fully saturated rings. The lowest BCUT2D eigenvalue weighted by molar-refractivity contribution is 0.895. The number of nitrogens with zero attached hydrogens (tertiary/aromatic N) is 2. The molecule has 0 radical (unpaired) electrons. The average molecular weight is 261 g/mol. The molecule has 0 spiro atoms. The highest BCUT2D eigenvalue weighted by molar-refractivity contribution is 7.09. The molecule has 1 heterocycles. The van der Waals surface area contributed by atoms with Gasteiger partial charge in [-0.2, -0.15) is 0 Å². The van der Waals surface area contributed by atoms with E-state index in [1.165, 1.54) is 16.1 Å². The fourth-order valence-electron chi connectivity index (χ4n) is 2.03. The van der Waals surface area contributed by atoms with Gasteiger partial charge in [0, 0.05) is 17.6 Å². The van der Waals surface area contributed by atoms with E-state index in [0.717, 1.165) is 18.7 Å². The molecule has 0 saturated heterocycles. The van der Waals surface area contributed by atoms with Crippen molar-refractivity contribution in [1.82, 2.24) is 4.98 Å². The summed E-state index contributed by atoms with van der Waals surface area (Å²) in [7, 11) is 2.12. The van der Waals surface area contributed by atoms with Crippen LogP contribution in [-0.4, -0.2) is 18.6 Å². The minimum Gasteiger partial charge on any atom is -0.369 e. The number of anilines is 1. The smallest absolute Gasteiger partial charge is 0.0798 e. The van der Waals surface area contributed by atoms with E-state index in [0.29, 0.717) is 6.54 Å². The standard InChI is InChI=1S/C14H19N3S/c1-11-14(18-10-16-11)9-17(2)13-6-4-3-5-12(13)7-8-15/h3-6,10H,7-9,15H2,1-2H3. The second-order valence-electron chi connectivity index (χ2n) is 4.38. The van der Waals surface area contributed by atoms with Gasteiger partial charge in [0.15, 0.2) is 0 Å². The molecule has 2 rings (SSSR count). The maximum Gasteiger partial charge on any atom is 0.0798 e. The maximum absolute atomic E-state index is 5.66. The molecule has 2 aromatic rings. The Balaban J connectivity index is 2.18. The molecule has 96 valence electrons. The highest BCUT2D eigenvalue weighted by Gasteiger charge is 2.09. The summed E-state index contributed by atoms with van der Waals surface area (Å²) < 4.78 is 0. The van der Waals surface area contributed by atoms with E-state index in [1.54, 1.807) is 11.3 Å². The molecule has 0 unspecified atom stereocenters. The summed E-state index contributed by atoms with van der Waals surface area (Å²) in [5, 5.41) is 0. The van der Waals surface area contributed by atoms with Crippen LogP contribution in [0.1, 0.15) is 16.1 Å². The van der Waals surface area contributed by atoms with Crippen molar-refractivity contribution < 1.29 is 0 Å². The number of rotatable bonds is 5. The minimum absolute atomic E-state index is 0.685. The van der Waals surface area contributed by atoms with Crippen molar-refractivity contribution in [2.45, 2.75) is 19.9 Å². The van der Waals surface area contributed by atoms with Crippen LogP contribution in [0.2, 0.25) is 0 Å². The number of nitrogens with two attached hydrogens (primary N) is 1. The van der Waals surface area contributed by atoms with Gasteiger partial charge in [-0.25, -0.2) is 4.98 Å². The van der Waals surface area contributed by atoms with Crippen LogP contribution in [0.4, 0.5) is 5.69 Å². The summed E-state index contributed by atoms with van der Waals surface area (Å²) in [5.41, 5.74) is 11.3. The summed E-state index contributed by atoms with van der Waals surface area (Å²) in [4.78, 5) is 7.88. The molecule has 0 saturated carbocycles. The monoisotopic (exact) mass is 261 g/mol. The van der Waals surface area contributed by atoms with Crippen molar-refractivity contribution >= 4 is 17.0 Å². The van der Waals surface area contributed by atoms with Gasteiger partial charge in [0.25, 0.3) is 0 Å². The van der Waals surface area contributed by atoms with Crippen LogP contribution < -0.4 is 10.6 Å². The molecular weight excluding hydrogens is 242 g/mol. The average Bonchev–Trinajstić information content (AvgIpc) is 2.76. The molecule has 3 nitrogen and oxygen atoms in total. The van der Waals surface area contributed by atoms with E-state index in [9.17, 15) is 0 Å². The molecule has 0 bridgehead atoms. The Hall–Kier alpha value is -1.39. The van der Waals surface area contributed by atoms with E-state index in [2.05, 4.69) is 48.1 Å². The second-order valence-corrected chi connectivity index (χ2v) is 5.32. The first-order chi connectivity index (χ1) is 8.72. The molecule has 0 aliphatic heterocycles. The van der Waals surface area contributed by atoms with Crippen LogP contribution in [-0.2, 0) is 13.0 Å². The normalized spacial score (nSPS) is 10.6. The van der Waals surface area contributed by atoms with Crippen molar-refractivity contribution in [3.8, 4) is 0 Å². The van der Waals surface area contributed by atoms with E-state index in [1.807, 2.05) is 5.51 Å². The van der Waals surface area contributed by atoms with Crippen molar-refractivity contribution in [3.63, 3.8) is 0 Å². The third-order valence-corrected chi connectivity index (χ3v) is 3.96. The first kappa shape index (κ1) is 13.1. The van der Waals surface area contributed by atoms with Gasteiger partial charge < -0.3 is 10.6 Å². The SMILES string of the molecule is Cc1ncsc1CN(C)c1ccccc1CCN. The summed E-state index contributed by atoms with van der Waals surface area (Å²) in [6.45, 7) is 3.65. The molecule has 0 atom stereocenters. The first-order valence-electron chi connectivity index (χ1n) is 6.10. The van der Waals surface area contributed by atoms with Gasteiger partial charge in [-0.15, -0.1) is 11.3 Å². The Kier molecular flexibility index (Phi) is 4.33. The summed E-state index contributed by atoms with van der Waals surface area (Å²) in [6, 6.07) is 8.45. The second kappa shape index (κ2) is 5.98. The van der Waals surface area contributed by atoms with E-state index < -0.39 is 0 Å². The van der Waals surface area contributed by atoms with Gasteiger partial charge in [0.1, 0.15) is 0 Å². The lowest BCUT2D eigenvalue weighted by Gasteiger charge is -2.22. The molecule has 4 heteroatoms. The molecule has 1 aromatic heterocycles. The van der Waals surface area contributed by atoms with Gasteiger partial charge in [-0.1, -0.05) is 18.2 Å². The number of hydrogen-bond donors (Lipinski definition) is 1. The topological polar surface area (TPSA) is 42.2 Å². The zero-order valence-corrected chi connectivity index (χ0v) is 11.7. The van der Waals surface area contributed by atoms with Gasteiger partial charge in [0.2, 0.25) is 0 Å². The quantitative estimate of drug-likeness (QED) is 0.899. The van der Waals surface area contributed by atoms with Crippen LogP contribution in [0.5, 0.6) is 0 Å². The van der Waals surface area contributed by atoms with Gasteiger partial charge in [-0.05, 0) is 31.5 Å². The van der Waals surface area contributed by atoms with E-state index >= 15 is 0 Å². The predicted octanol–water partition coefficient (Wildman–Crippen LogP) is 2.59. The lowest BCUT2D eigenvalue weighted by Crippen LogP contribution is -2.18. The highest BCUT2D eigenvalue weighted by Crippen LogP contribution is 2.23. The van der Waals surface area contributed by atoms with E-state index in [4.69, 9.17) is 5.73 Å². The zero-order valence-electron chi connectivity index (χ0n) is 10.9. The van der Waals surface area contributed by atoms with Crippen molar-refractivity contribution in [2.24, 2.45) is 5.73 Å². The summed E-state index contributed by atoms with van der Waals surface area (Å²) in [5.74, 6) is 0. The number of aryl methyl sites for hydroxylation is 1. The van der Waals surface area contributed by atoms with Crippen LogP contribution in [0.25, 0.3) is 0 Å². The zero-order chi connectivity index (χ0) is 13.0. The van der Waals surface area contributed by atoms with E-state index in [-0.39, 0.29) is 0 Å². The molecule has 0 amide bonds. The Bertz CT molecular complexity index is 507. The van der Waals surface area contributed by atoms with Crippen LogP contribution in [0.3, 0.4) is 0 Å². The molecule has 18 heavy (non-hydrogen) atoms. The number of para-hydroxylation sites is 1. The molecule has 0 aliphatic rings. The number of aromatic nitrogens is 1. The first-order valence-corrected chi connectivity index (χ1v) is 6.98. The van der Waals surface area contributed by atoms with Crippen molar-refractivity contribution in [1.29, 1.82) is 0 Å². The van der Waals surface area contributed by atoms with Gasteiger partial charge in [0.05, 0.1) is 17.7 Å². The Labute approximate surface area is 112 Å². The maximum atomic E-state index is 5.66. The third kappa shape index (κ3) is 2.89. The molecule has 1 aromatic carbocycles. The summed E-state index contributed by atoms with van der Waals surface area (Å²) in [6.07, 6.45) is 0.919. The lowest BCUT2D eigenvalue weighted by atomic mass is 10.1. The predicted molar refractivity (Wildman–Crippen MR) is 78.2 cm³/mol. The molecule has 0 aliphatic carbocycles. The molecular formula is C14H19N3S. The number of hydrogen-bond acceptors (Lipinski definition) is 4. The van der Waals surface area contributed by atoms with Crippen LogP contribution in [0, 0.1) is 6.92 Å². The van der Waals surface area contributed by atoms with Gasteiger partial charge >= 0.3 is 0 Å². The highest BCUT2D eigenvalue weighted by atomic mass is 32.1. The minimum atomic E-state index is 0.685. The Morgan fingerprint density at radius 1 is 1.33 bits per heavy atom. The van der Waals surface area contributed by atoms with Crippen LogP contribution >= 0.6 is 11.3 Å². The summed E-state index contributed by atoms with van der Waals surface area (Å²) >= 11 is 1.71. The Morgan fingerprint density at radius 2 is 2.11 bits per heavy atom. The third-order valence-electron chi connectivity index (χ3n) is 3.04. The number of thiazole rings is 1. The number of benzene rings is 1. The largest absolute Gasteiger partial charge is 0.369 e. The molecule has 2 N–H and O–H groups in total. The van der Waals surface area contributed by atoms with Crippen molar-refractivity contribution in [3.05, 3.63) is 45.9 Å².